The molecule has 3 rings (SSSR count). The molecule has 3 nitrogen and oxygen atoms in total. The molecule has 3 heteroatoms. The van der Waals surface area contributed by atoms with Crippen LogP contribution in [-0.2, 0) is 0 Å². The minimum atomic E-state index is 1.07. The van der Waals surface area contributed by atoms with Gasteiger partial charge in [0.1, 0.15) is 0 Å². The van der Waals surface area contributed by atoms with Gasteiger partial charge >= 0.3 is 0 Å². The third kappa shape index (κ3) is 3.58. The zero-order valence-electron chi connectivity index (χ0n) is 12.5. The first-order valence-electron chi connectivity index (χ1n) is 7.30. The first kappa shape index (κ1) is 14.0. The van der Waals surface area contributed by atoms with Gasteiger partial charge in [0.25, 0.3) is 0 Å². The average molecular weight is 289 g/mol. The van der Waals surface area contributed by atoms with Crippen LogP contribution >= 0.6 is 0 Å². The molecule has 0 aromatic heterocycles. The number of benzene rings is 3. The Morgan fingerprint density at radius 3 is 1.23 bits per heavy atom. The van der Waals surface area contributed by atoms with Gasteiger partial charge in [-0.15, -0.1) is 0 Å². The molecule has 0 amide bonds. The van der Waals surface area contributed by atoms with E-state index in [1.54, 1.807) is 0 Å². The lowest BCUT2D eigenvalue weighted by Gasteiger charge is -2.10. The Kier molecular flexibility index (Phi) is 4.25. The van der Waals surface area contributed by atoms with Crippen molar-refractivity contribution in [3.8, 4) is 0 Å². The fourth-order valence-electron chi connectivity index (χ4n) is 2.21. The second-order valence-corrected chi connectivity index (χ2v) is 5.02. The van der Waals surface area contributed by atoms with Gasteiger partial charge in [0.2, 0.25) is 0 Å². The van der Waals surface area contributed by atoms with E-state index in [1.165, 1.54) is 0 Å². The van der Waals surface area contributed by atoms with Crippen molar-refractivity contribution in [3.05, 3.63) is 78.9 Å². The van der Waals surface area contributed by atoms with Gasteiger partial charge in [-0.25, -0.2) is 0 Å². The predicted molar refractivity (Wildman–Crippen MR) is 95.4 cm³/mol. The Hall–Kier alpha value is -2.94. The number of para-hydroxylation sites is 1. The number of rotatable bonds is 5. The minimum absolute atomic E-state index is 1.07. The Morgan fingerprint density at radius 1 is 0.455 bits per heavy atom. The van der Waals surface area contributed by atoms with Gasteiger partial charge in [0.05, 0.1) is 0 Å². The molecule has 0 fully saturated rings. The van der Waals surface area contributed by atoms with E-state index in [0.717, 1.165) is 28.4 Å². The number of hydrogen-bond acceptors (Lipinski definition) is 3. The highest BCUT2D eigenvalue weighted by atomic mass is 14.9. The summed E-state index contributed by atoms with van der Waals surface area (Å²) in [5.41, 5.74) is 5.40. The van der Waals surface area contributed by atoms with Crippen molar-refractivity contribution >= 4 is 28.4 Å². The summed E-state index contributed by atoms with van der Waals surface area (Å²) in [6, 6.07) is 26.6. The molecular formula is C19H19N3. The summed E-state index contributed by atoms with van der Waals surface area (Å²) in [7, 11) is 1.92. The van der Waals surface area contributed by atoms with Crippen molar-refractivity contribution in [1.82, 2.24) is 0 Å². The maximum atomic E-state index is 3.39. The lowest BCUT2D eigenvalue weighted by atomic mass is 10.2. The van der Waals surface area contributed by atoms with Crippen LogP contribution in [-0.4, -0.2) is 7.05 Å². The molecule has 0 aliphatic rings. The molecule has 0 heterocycles. The summed E-state index contributed by atoms with van der Waals surface area (Å²) < 4.78 is 0. The van der Waals surface area contributed by atoms with Gasteiger partial charge in [-0.3, -0.25) is 0 Å². The van der Waals surface area contributed by atoms with Crippen molar-refractivity contribution in [3.63, 3.8) is 0 Å². The Bertz CT molecular complexity index is 704. The van der Waals surface area contributed by atoms with Crippen molar-refractivity contribution in [1.29, 1.82) is 0 Å². The van der Waals surface area contributed by atoms with Crippen LogP contribution in [0.5, 0.6) is 0 Å². The fourth-order valence-corrected chi connectivity index (χ4v) is 2.21. The van der Waals surface area contributed by atoms with E-state index in [9.17, 15) is 0 Å². The standard InChI is InChI=1S/C19H19N3/c1-20-15-7-9-17(10-8-15)22-19-13-11-18(12-14-19)21-16-5-3-2-4-6-16/h2-14,20-22H,1H3. The summed E-state index contributed by atoms with van der Waals surface area (Å²) in [5, 5.41) is 9.88. The number of nitrogens with one attached hydrogen (secondary N) is 3. The first-order chi connectivity index (χ1) is 10.8. The van der Waals surface area contributed by atoms with E-state index in [2.05, 4.69) is 64.5 Å². The summed E-state index contributed by atoms with van der Waals surface area (Å²) >= 11 is 0. The maximum absolute atomic E-state index is 3.39. The Morgan fingerprint density at radius 2 is 0.818 bits per heavy atom. The number of hydrogen-bond donors (Lipinski definition) is 3. The van der Waals surface area contributed by atoms with E-state index in [1.807, 2.05) is 37.4 Å². The van der Waals surface area contributed by atoms with Crippen LogP contribution < -0.4 is 16.0 Å². The van der Waals surface area contributed by atoms with Crippen LogP contribution in [0.2, 0.25) is 0 Å². The Labute approximate surface area is 131 Å². The molecule has 3 aromatic rings. The van der Waals surface area contributed by atoms with Gasteiger partial charge < -0.3 is 16.0 Å². The zero-order chi connectivity index (χ0) is 15.2. The highest BCUT2D eigenvalue weighted by Crippen LogP contribution is 2.22. The van der Waals surface area contributed by atoms with Crippen LogP contribution in [0.1, 0.15) is 0 Å². The second-order valence-electron chi connectivity index (χ2n) is 5.02. The quantitative estimate of drug-likeness (QED) is 0.603. The predicted octanol–water partition coefficient (Wildman–Crippen LogP) is 5.22. The molecule has 0 bridgehead atoms. The summed E-state index contributed by atoms with van der Waals surface area (Å²) in [4.78, 5) is 0. The summed E-state index contributed by atoms with van der Waals surface area (Å²) in [6.07, 6.45) is 0. The molecule has 110 valence electrons. The Balaban J connectivity index is 1.66. The van der Waals surface area contributed by atoms with Crippen LogP contribution in [0.4, 0.5) is 28.4 Å². The van der Waals surface area contributed by atoms with Crippen LogP contribution in [0.15, 0.2) is 78.9 Å². The molecule has 3 aromatic carbocycles. The smallest absolute Gasteiger partial charge is 0.0385 e. The molecule has 0 atom stereocenters. The molecule has 22 heavy (non-hydrogen) atoms. The van der Waals surface area contributed by atoms with Crippen LogP contribution in [0.25, 0.3) is 0 Å². The highest BCUT2D eigenvalue weighted by Gasteiger charge is 1.97. The normalized spacial score (nSPS) is 10.0. The highest BCUT2D eigenvalue weighted by molar-refractivity contribution is 5.66. The molecule has 0 saturated heterocycles. The van der Waals surface area contributed by atoms with E-state index < -0.39 is 0 Å². The van der Waals surface area contributed by atoms with Crippen molar-refractivity contribution in [2.24, 2.45) is 0 Å². The van der Waals surface area contributed by atoms with E-state index in [-0.39, 0.29) is 0 Å². The van der Waals surface area contributed by atoms with Gasteiger partial charge in [-0.05, 0) is 60.7 Å². The lowest BCUT2D eigenvalue weighted by Crippen LogP contribution is -1.93. The average Bonchev–Trinajstić information content (AvgIpc) is 2.58. The van der Waals surface area contributed by atoms with Gasteiger partial charge in [0, 0.05) is 35.5 Å². The molecule has 0 saturated carbocycles. The summed E-state index contributed by atoms with van der Waals surface area (Å²) in [6.45, 7) is 0. The molecule has 0 spiro atoms. The SMILES string of the molecule is CNc1ccc(Nc2ccc(Nc3ccccc3)cc2)cc1. The largest absolute Gasteiger partial charge is 0.388 e. The monoisotopic (exact) mass is 289 g/mol. The maximum Gasteiger partial charge on any atom is 0.0385 e. The fraction of sp³-hybridized carbons (Fsp3) is 0.0526. The van der Waals surface area contributed by atoms with Crippen molar-refractivity contribution < 1.29 is 0 Å². The third-order valence-corrected chi connectivity index (χ3v) is 3.41. The molecule has 0 aliphatic carbocycles. The zero-order valence-corrected chi connectivity index (χ0v) is 12.5. The second kappa shape index (κ2) is 6.68. The van der Waals surface area contributed by atoms with E-state index >= 15 is 0 Å². The topological polar surface area (TPSA) is 36.1 Å². The molecular weight excluding hydrogens is 270 g/mol. The lowest BCUT2D eigenvalue weighted by molar-refractivity contribution is 1.49. The van der Waals surface area contributed by atoms with Crippen LogP contribution in [0.3, 0.4) is 0 Å². The molecule has 0 radical (unpaired) electrons. The van der Waals surface area contributed by atoms with Crippen molar-refractivity contribution in [2.45, 2.75) is 0 Å². The third-order valence-electron chi connectivity index (χ3n) is 3.41. The van der Waals surface area contributed by atoms with Gasteiger partial charge in [0.15, 0.2) is 0 Å². The molecule has 0 aliphatic heterocycles. The van der Waals surface area contributed by atoms with Gasteiger partial charge in [-0.2, -0.15) is 0 Å². The first-order valence-corrected chi connectivity index (χ1v) is 7.30. The number of anilines is 5. The van der Waals surface area contributed by atoms with Gasteiger partial charge in [-0.1, -0.05) is 18.2 Å². The van der Waals surface area contributed by atoms with Crippen molar-refractivity contribution in [2.75, 3.05) is 23.0 Å². The van der Waals surface area contributed by atoms with Crippen LogP contribution in [0, 0.1) is 0 Å². The molecule has 3 N–H and O–H groups in total. The minimum Gasteiger partial charge on any atom is -0.388 e. The molecule has 0 unspecified atom stereocenters. The summed E-state index contributed by atoms with van der Waals surface area (Å²) in [5.74, 6) is 0. The van der Waals surface area contributed by atoms with E-state index in [4.69, 9.17) is 0 Å². The van der Waals surface area contributed by atoms with E-state index in [0.29, 0.717) is 0 Å².